The van der Waals surface area contributed by atoms with Gasteiger partial charge in [0, 0.05) is 22.2 Å². The van der Waals surface area contributed by atoms with Gasteiger partial charge in [-0.25, -0.2) is 0 Å². The molecule has 0 saturated heterocycles. The monoisotopic (exact) mass is 746 g/mol. The molecule has 58 heavy (non-hydrogen) atoms. The van der Waals surface area contributed by atoms with Crippen molar-refractivity contribution in [2.75, 3.05) is 4.90 Å². The molecule has 0 bridgehead atoms. The zero-order valence-corrected chi connectivity index (χ0v) is 34.1. The van der Waals surface area contributed by atoms with E-state index in [0.29, 0.717) is 5.56 Å². The summed E-state index contributed by atoms with van der Waals surface area (Å²) in [5.41, 5.74) is 17.3. The zero-order chi connectivity index (χ0) is 40.3. The Labute approximate surface area is 342 Å². The van der Waals surface area contributed by atoms with E-state index in [1.165, 1.54) is 82.4 Å². The topological polar surface area (TPSA) is 27.0 Å². The third kappa shape index (κ3) is 6.21. The Morgan fingerprint density at radius 3 is 1.74 bits per heavy atom. The van der Waals surface area contributed by atoms with Crippen LogP contribution in [0.25, 0.3) is 65.7 Å². The average molecular weight is 747 g/mol. The lowest BCUT2D eigenvalue weighted by Gasteiger charge is -2.36. The fourth-order valence-electron chi connectivity index (χ4n) is 8.90. The van der Waals surface area contributed by atoms with Gasteiger partial charge < -0.3 is 4.90 Å². The fourth-order valence-corrected chi connectivity index (χ4v) is 8.90. The van der Waals surface area contributed by atoms with Crippen molar-refractivity contribution in [2.45, 2.75) is 47.0 Å². The SMILES string of the molecule is C=C(C)C.Cc1ccc(-c2cc(-c3ccc(C)cc3)cc(N(c3ccc(C#N)cc3)c3ccc4cc5c6c(ccc7ccc3c4c76)-c3ccccc3C5(C)C)c2)cc1. The Hall–Kier alpha value is -6.95. The highest BCUT2D eigenvalue weighted by Crippen LogP contribution is 2.53. The van der Waals surface area contributed by atoms with Crippen LogP contribution in [-0.2, 0) is 5.41 Å². The number of nitrogens with zero attached hydrogens (tertiary/aromatic N) is 2. The summed E-state index contributed by atoms with van der Waals surface area (Å²) in [6.07, 6.45) is 0. The Morgan fingerprint density at radius 1 is 0.534 bits per heavy atom. The van der Waals surface area contributed by atoms with E-state index < -0.39 is 0 Å². The molecule has 0 atom stereocenters. The lowest BCUT2D eigenvalue weighted by molar-refractivity contribution is 0.646. The van der Waals surface area contributed by atoms with E-state index >= 15 is 0 Å². The minimum absolute atomic E-state index is 0.145. The molecule has 9 aromatic carbocycles. The van der Waals surface area contributed by atoms with Crippen LogP contribution in [-0.4, -0.2) is 0 Å². The van der Waals surface area contributed by atoms with E-state index in [1.54, 1.807) is 0 Å². The molecule has 10 rings (SSSR count). The van der Waals surface area contributed by atoms with Gasteiger partial charge in [0.05, 0.1) is 17.3 Å². The van der Waals surface area contributed by atoms with E-state index in [0.717, 1.165) is 28.2 Å². The minimum Gasteiger partial charge on any atom is -0.310 e. The van der Waals surface area contributed by atoms with Crippen molar-refractivity contribution in [2.24, 2.45) is 0 Å². The van der Waals surface area contributed by atoms with Gasteiger partial charge in [-0.1, -0.05) is 134 Å². The highest BCUT2D eigenvalue weighted by atomic mass is 15.1. The number of anilines is 3. The van der Waals surface area contributed by atoms with E-state index in [-0.39, 0.29) is 5.41 Å². The molecule has 0 unspecified atom stereocenters. The van der Waals surface area contributed by atoms with Gasteiger partial charge in [0.15, 0.2) is 0 Å². The highest BCUT2D eigenvalue weighted by molar-refractivity contribution is 6.29. The smallest absolute Gasteiger partial charge is 0.0991 e. The van der Waals surface area contributed by atoms with Crippen molar-refractivity contribution in [3.8, 4) is 39.4 Å². The molecule has 0 fully saturated rings. The first kappa shape index (κ1) is 36.7. The Kier molecular flexibility index (Phi) is 8.99. The van der Waals surface area contributed by atoms with Gasteiger partial charge in [0.25, 0.3) is 0 Å². The molecule has 1 aliphatic carbocycles. The van der Waals surface area contributed by atoms with Crippen LogP contribution in [0, 0.1) is 25.2 Å². The van der Waals surface area contributed by atoms with Gasteiger partial charge >= 0.3 is 0 Å². The second-order valence-corrected chi connectivity index (χ2v) is 16.7. The first-order chi connectivity index (χ1) is 28.0. The fraction of sp³-hybridized carbons (Fsp3) is 0.125. The molecule has 2 heteroatoms. The van der Waals surface area contributed by atoms with Crippen molar-refractivity contribution in [3.05, 3.63) is 198 Å². The quantitative estimate of drug-likeness (QED) is 0.130. The number of aryl methyl sites for hydroxylation is 2. The van der Waals surface area contributed by atoms with Crippen molar-refractivity contribution in [3.63, 3.8) is 0 Å². The Morgan fingerprint density at radius 2 is 1.12 bits per heavy atom. The molecule has 1 aliphatic rings. The molecule has 0 aliphatic heterocycles. The third-order valence-electron chi connectivity index (χ3n) is 11.7. The lowest BCUT2D eigenvalue weighted by Crippen LogP contribution is -2.23. The summed E-state index contributed by atoms with van der Waals surface area (Å²) in [6, 6.07) is 60.1. The van der Waals surface area contributed by atoms with E-state index in [9.17, 15) is 5.26 Å². The van der Waals surface area contributed by atoms with Crippen LogP contribution in [0.3, 0.4) is 0 Å². The number of hydrogen-bond donors (Lipinski definition) is 0. The Bertz CT molecular complexity index is 3000. The first-order valence-electron chi connectivity index (χ1n) is 20.1. The van der Waals surface area contributed by atoms with Gasteiger partial charge in [0.1, 0.15) is 0 Å². The molecule has 2 nitrogen and oxygen atoms in total. The van der Waals surface area contributed by atoms with Crippen LogP contribution in [0.1, 0.15) is 55.5 Å². The Balaban J connectivity index is 0.00000104. The van der Waals surface area contributed by atoms with E-state index in [2.05, 4.69) is 191 Å². The minimum atomic E-state index is -0.145. The van der Waals surface area contributed by atoms with Gasteiger partial charge in [-0.2, -0.15) is 5.26 Å². The second-order valence-electron chi connectivity index (χ2n) is 16.7. The van der Waals surface area contributed by atoms with Crippen LogP contribution in [0.4, 0.5) is 17.1 Å². The number of rotatable bonds is 5. The lowest BCUT2D eigenvalue weighted by atomic mass is 9.67. The molecule has 0 saturated carbocycles. The zero-order valence-electron chi connectivity index (χ0n) is 34.1. The molecule has 0 spiro atoms. The average Bonchev–Trinajstić information content (AvgIpc) is 3.23. The molecule has 0 N–H and O–H groups in total. The number of nitriles is 1. The van der Waals surface area contributed by atoms with Crippen LogP contribution < -0.4 is 4.90 Å². The highest BCUT2D eigenvalue weighted by Gasteiger charge is 2.35. The maximum atomic E-state index is 9.77. The van der Waals surface area contributed by atoms with Crippen molar-refractivity contribution < 1.29 is 0 Å². The van der Waals surface area contributed by atoms with Crippen molar-refractivity contribution >= 4 is 49.4 Å². The number of benzene rings is 9. The summed E-state index contributed by atoms with van der Waals surface area (Å²) >= 11 is 0. The summed E-state index contributed by atoms with van der Waals surface area (Å²) in [5.74, 6) is 0. The van der Waals surface area contributed by atoms with E-state index in [1.807, 2.05) is 26.0 Å². The summed E-state index contributed by atoms with van der Waals surface area (Å²) in [4.78, 5) is 2.38. The molecular weight excluding hydrogens is 701 g/mol. The predicted molar refractivity (Wildman–Crippen MR) is 248 cm³/mol. The number of fused-ring (bicyclic) bond motifs is 2. The van der Waals surface area contributed by atoms with Crippen LogP contribution in [0.2, 0.25) is 0 Å². The number of hydrogen-bond acceptors (Lipinski definition) is 2. The van der Waals surface area contributed by atoms with Crippen LogP contribution in [0.15, 0.2) is 170 Å². The summed E-state index contributed by atoms with van der Waals surface area (Å²) < 4.78 is 0. The predicted octanol–water partition coefficient (Wildman–Crippen LogP) is 15.8. The van der Waals surface area contributed by atoms with Crippen LogP contribution >= 0.6 is 0 Å². The third-order valence-corrected chi connectivity index (χ3v) is 11.7. The molecule has 9 aromatic rings. The van der Waals surface area contributed by atoms with Gasteiger partial charge in [-0.3, -0.25) is 0 Å². The second kappa shape index (κ2) is 14.2. The standard InChI is InChI=1S/C52H38N2.C4H8/c1-32-9-15-35(16-10-32)39-27-40(36-17-11-33(2)12-18-36)29-42(28-39)54(41-22-13-34(31-53)14-23-41)48-26-21-38-30-47-51-44(43-7-5-6-8-46(43)52(47,3)4)24-19-37-20-25-45(48)49(38)50(37)51;1-4(2)3/h5-30H,1-4H3;1H2,2-3H3. The molecule has 0 heterocycles. The molecular formula is C56H46N2. The number of allylic oxidation sites excluding steroid dienone is 1. The van der Waals surface area contributed by atoms with Gasteiger partial charge in [0.2, 0.25) is 0 Å². The largest absolute Gasteiger partial charge is 0.310 e. The normalized spacial score (nSPS) is 12.5. The first-order valence-corrected chi connectivity index (χ1v) is 20.1. The van der Waals surface area contributed by atoms with Gasteiger partial charge in [-0.05, 0) is 154 Å². The van der Waals surface area contributed by atoms with E-state index in [4.69, 9.17) is 0 Å². The molecule has 0 amide bonds. The summed E-state index contributed by atoms with van der Waals surface area (Å²) in [5, 5.41) is 17.4. The molecule has 280 valence electrons. The molecule has 0 aromatic heterocycles. The van der Waals surface area contributed by atoms with Crippen molar-refractivity contribution in [1.29, 1.82) is 5.26 Å². The maximum Gasteiger partial charge on any atom is 0.0991 e. The molecule has 0 radical (unpaired) electrons. The summed E-state index contributed by atoms with van der Waals surface area (Å²) in [6.45, 7) is 16.5. The maximum absolute atomic E-state index is 9.77. The summed E-state index contributed by atoms with van der Waals surface area (Å²) in [7, 11) is 0. The van der Waals surface area contributed by atoms with Crippen LogP contribution in [0.5, 0.6) is 0 Å². The van der Waals surface area contributed by atoms with Crippen molar-refractivity contribution in [1.82, 2.24) is 0 Å². The van der Waals surface area contributed by atoms with Gasteiger partial charge in [-0.15, -0.1) is 6.58 Å².